The molecule has 0 bridgehead atoms. The summed E-state index contributed by atoms with van der Waals surface area (Å²) in [5.74, 6) is 1.75. The lowest BCUT2D eigenvalue weighted by Crippen LogP contribution is -1.94. The van der Waals surface area contributed by atoms with Crippen LogP contribution in [0.4, 0.5) is 0 Å². The van der Waals surface area contributed by atoms with Crippen molar-refractivity contribution >= 4 is 23.2 Å². The minimum Gasteiger partial charge on any atom is -0.453 e. The van der Waals surface area contributed by atoms with E-state index in [1.54, 1.807) is 10.7 Å². The van der Waals surface area contributed by atoms with Crippen molar-refractivity contribution in [1.82, 2.24) is 9.78 Å². The van der Waals surface area contributed by atoms with Crippen LogP contribution in [0, 0.1) is 13.8 Å². The predicted molar refractivity (Wildman–Crippen MR) is 73.8 cm³/mol. The summed E-state index contributed by atoms with van der Waals surface area (Å²) < 4.78 is 7.70. The van der Waals surface area contributed by atoms with Gasteiger partial charge in [-0.2, -0.15) is 5.10 Å². The van der Waals surface area contributed by atoms with Gasteiger partial charge in [-0.05, 0) is 26.0 Å². The summed E-state index contributed by atoms with van der Waals surface area (Å²) in [6, 6.07) is 5.50. The lowest BCUT2D eigenvalue weighted by molar-refractivity contribution is 0.470. The lowest BCUT2D eigenvalue weighted by Gasteiger charge is -2.11. The number of alkyl halides is 1. The molecule has 0 aliphatic carbocycles. The first-order valence-corrected chi connectivity index (χ1v) is 6.47. The Labute approximate surface area is 116 Å². The number of aryl methyl sites for hydroxylation is 2. The molecule has 1 aromatic carbocycles. The van der Waals surface area contributed by atoms with Crippen LogP contribution in [0.3, 0.4) is 0 Å². The van der Waals surface area contributed by atoms with Gasteiger partial charge in [0.05, 0.1) is 11.6 Å². The van der Waals surface area contributed by atoms with Crippen LogP contribution in [0.5, 0.6) is 11.5 Å². The van der Waals surface area contributed by atoms with Crippen LogP contribution in [0.25, 0.3) is 0 Å². The summed E-state index contributed by atoms with van der Waals surface area (Å²) in [4.78, 5) is 0. The summed E-state index contributed by atoms with van der Waals surface area (Å²) in [6.45, 7) is 3.87. The fourth-order valence-electron chi connectivity index (χ4n) is 1.78. The molecule has 0 saturated carbocycles. The highest BCUT2D eigenvalue weighted by atomic mass is 35.5. The molecule has 2 rings (SSSR count). The largest absolute Gasteiger partial charge is 0.453 e. The molecule has 0 aliphatic rings. The molecule has 0 N–H and O–H groups in total. The van der Waals surface area contributed by atoms with E-state index in [0.29, 0.717) is 16.7 Å². The molecule has 0 atom stereocenters. The van der Waals surface area contributed by atoms with E-state index >= 15 is 0 Å². The van der Waals surface area contributed by atoms with Gasteiger partial charge in [-0.25, -0.2) is 0 Å². The zero-order valence-electron chi connectivity index (χ0n) is 10.5. The van der Waals surface area contributed by atoms with Gasteiger partial charge in [0.1, 0.15) is 11.4 Å². The van der Waals surface area contributed by atoms with Crippen LogP contribution in [0.2, 0.25) is 5.02 Å². The Hall–Kier alpha value is -1.19. The molecule has 1 aromatic heterocycles. The maximum absolute atomic E-state index is 6.10. The van der Waals surface area contributed by atoms with Crippen LogP contribution in [0.15, 0.2) is 18.2 Å². The van der Waals surface area contributed by atoms with Gasteiger partial charge in [0, 0.05) is 17.6 Å². The molecule has 0 aliphatic heterocycles. The van der Waals surface area contributed by atoms with Gasteiger partial charge in [0.25, 0.3) is 0 Å². The number of ether oxygens (including phenoxy) is 1. The third-order valence-corrected chi connectivity index (χ3v) is 3.49. The smallest absolute Gasteiger partial charge is 0.171 e. The number of halogens is 2. The normalized spacial score (nSPS) is 10.7. The first-order valence-electron chi connectivity index (χ1n) is 5.56. The van der Waals surface area contributed by atoms with E-state index in [0.717, 1.165) is 22.7 Å². The van der Waals surface area contributed by atoms with E-state index in [4.69, 9.17) is 27.9 Å². The van der Waals surface area contributed by atoms with E-state index in [2.05, 4.69) is 5.10 Å². The second-order valence-corrected chi connectivity index (χ2v) is 4.75. The van der Waals surface area contributed by atoms with Crippen LogP contribution in [0.1, 0.15) is 17.0 Å². The third kappa shape index (κ3) is 2.33. The second-order valence-electron chi connectivity index (χ2n) is 4.08. The van der Waals surface area contributed by atoms with Gasteiger partial charge in [-0.15, -0.1) is 11.6 Å². The van der Waals surface area contributed by atoms with Gasteiger partial charge in [-0.1, -0.05) is 17.7 Å². The van der Waals surface area contributed by atoms with Crippen LogP contribution in [-0.2, 0) is 12.9 Å². The molecule has 0 unspecified atom stereocenters. The van der Waals surface area contributed by atoms with Gasteiger partial charge in [-0.3, -0.25) is 4.68 Å². The Morgan fingerprint density at radius 1 is 1.33 bits per heavy atom. The predicted octanol–water partition coefficient (Wildman–Crippen LogP) is 4.22. The van der Waals surface area contributed by atoms with E-state index in [1.807, 2.05) is 33.0 Å². The number of rotatable bonds is 3. The minimum absolute atomic E-state index is 0.313. The van der Waals surface area contributed by atoms with Crippen LogP contribution >= 0.6 is 23.2 Å². The molecule has 0 spiro atoms. The van der Waals surface area contributed by atoms with Crippen molar-refractivity contribution in [3.63, 3.8) is 0 Å². The zero-order chi connectivity index (χ0) is 13.3. The summed E-state index contributed by atoms with van der Waals surface area (Å²) in [5.41, 5.74) is 2.60. The highest BCUT2D eigenvalue weighted by Gasteiger charge is 2.14. The Bertz CT molecular complexity index is 579. The maximum atomic E-state index is 6.10. The number of hydrogen-bond acceptors (Lipinski definition) is 2. The maximum Gasteiger partial charge on any atom is 0.171 e. The molecule has 0 saturated heterocycles. The summed E-state index contributed by atoms with van der Waals surface area (Å²) >= 11 is 12.0. The molecule has 3 nitrogen and oxygen atoms in total. The van der Waals surface area contributed by atoms with Gasteiger partial charge >= 0.3 is 0 Å². The average molecular weight is 285 g/mol. The molecule has 1 heterocycles. The van der Waals surface area contributed by atoms with Gasteiger partial charge < -0.3 is 4.74 Å². The quantitative estimate of drug-likeness (QED) is 0.789. The first-order chi connectivity index (χ1) is 8.54. The zero-order valence-corrected chi connectivity index (χ0v) is 12.0. The highest BCUT2D eigenvalue weighted by Crippen LogP contribution is 2.34. The van der Waals surface area contributed by atoms with Crippen molar-refractivity contribution < 1.29 is 4.74 Å². The third-order valence-electron chi connectivity index (χ3n) is 2.86. The average Bonchev–Trinajstić information content (AvgIpc) is 2.56. The second kappa shape index (κ2) is 5.21. The summed E-state index contributed by atoms with van der Waals surface area (Å²) in [6.07, 6.45) is 0. The SMILES string of the molecule is Cc1nn(C)c(C)c1Oc1cccc(Cl)c1CCl. The van der Waals surface area contributed by atoms with Crippen molar-refractivity contribution in [2.24, 2.45) is 7.05 Å². The van der Waals surface area contributed by atoms with Crippen molar-refractivity contribution in [3.05, 3.63) is 40.2 Å². The lowest BCUT2D eigenvalue weighted by atomic mass is 10.2. The van der Waals surface area contributed by atoms with Crippen molar-refractivity contribution in [1.29, 1.82) is 0 Å². The number of aromatic nitrogens is 2. The van der Waals surface area contributed by atoms with E-state index in [9.17, 15) is 0 Å². The van der Waals surface area contributed by atoms with Gasteiger partial charge in [0.15, 0.2) is 5.75 Å². The number of benzene rings is 1. The molecule has 0 fully saturated rings. The van der Waals surface area contributed by atoms with Gasteiger partial charge in [0.2, 0.25) is 0 Å². The topological polar surface area (TPSA) is 27.1 Å². The fraction of sp³-hybridized carbons (Fsp3) is 0.308. The molecule has 5 heteroatoms. The monoisotopic (exact) mass is 284 g/mol. The molecule has 2 aromatic rings. The fourth-order valence-corrected chi connectivity index (χ4v) is 2.35. The Morgan fingerprint density at radius 3 is 2.61 bits per heavy atom. The number of hydrogen-bond donors (Lipinski definition) is 0. The Balaban J connectivity index is 2.43. The van der Waals surface area contributed by atoms with E-state index < -0.39 is 0 Å². The van der Waals surface area contributed by atoms with Crippen molar-refractivity contribution in [2.75, 3.05) is 0 Å². The molecule has 0 radical (unpaired) electrons. The summed E-state index contributed by atoms with van der Waals surface area (Å²) in [7, 11) is 1.88. The first kappa shape index (κ1) is 13.2. The molecular formula is C13H14Cl2N2O. The Kier molecular flexibility index (Phi) is 3.83. The molecular weight excluding hydrogens is 271 g/mol. The van der Waals surface area contributed by atoms with E-state index in [-0.39, 0.29) is 0 Å². The molecule has 0 amide bonds. The number of nitrogens with zero attached hydrogens (tertiary/aromatic N) is 2. The standard InChI is InChI=1S/C13H14Cl2N2O/c1-8-13(9(2)17(3)16-8)18-12-6-4-5-11(15)10(12)7-14/h4-6H,7H2,1-3H3. The van der Waals surface area contributed by atoms with E-state index in [1.165, 1.54) is 0 Å². The minimum atomic E-state index is 0.313. The van der Waals surface area contributed by atoms with Crippen LogP contribution in [-0.4, -0.2) is 9.78 Å². The van der Waals surface area contributed by atoms with Crippen LogP contribution < -0.4 is 4.74 Å². The molecule has 18 heavy (non-hydrogen) atoms. The van der Waals surface area contributed by atoms with Crippen molar-refractivity contribution in [2.45, 2.75) is 19.7 Å². The summed E-state index contributed by atoms with van der Waals surface area (Å²) in [5, 5.41) is 4.92. The highest BCUT2D eigenvalue weighted by molar-refractivity contribution is 6.32. The Morgan fingerprint density at radius 2 is 2.06 bits per heavy atom. The van der Waals surface area contributed by atoms with Crippen molar-refractivity contribution in [3.8, 4) is 11.5 Å². The molecule has 96 valence electrons.